The van der Waals surface area contributed by atoms with Crippen LogP contribution in [0.3, 0.4) is 0 Å². The molecule has 0 saturated carbocycles. The van der Waals surface area contributed by atoms with Crippen molar-refractivity contribution < 1.29 is 14.3 Å². The molecule has 1 atom stereocenters. The molecule has 0 aromatic carbocycles. The number of rotatable bonds is 7. The Kier molecular flexibility index (Phi) is 7.52. The maximum absolute atomic E-state index is 10.6. The molecule has 0 aliphatic carbocycles. The molecule has 0 aromatic rings. The van der Waals surface area contributed by atoms with Gasteiger partial charge in [0.1, 0.15) is 12.8 Å². The summed E-state index contributed by atoms with van der Waals surface area (Å²) >= 11 is 0. The van der Waals surface area contributed by atoms with Crippen LogP contribution in [-0.2, 0) is 14.3 Å². The summed E-state index contributed by atoms with van der Waals surface area (Å²) in [6, 6.07) is 0. The second kappa shape index (κ2) is 8.64. The zero-order chi connectivity index (χ0) is 11.5. The van der Waals surface area contributed by atoms with E-state index in [1.165, 1.54) is 6.92 Å². The van der Waals surface area contributed by atoms with Crippen molar-refractivity contribution in [1.82, 2.24) is 0 Å². The van der Waals surface area contributed by atoms with E-state index in [2.05, 4.69) is 20.1 Å². The Hall–Kier alpha value is -1.95. The number of hydrogen-bond acceptors (Lipinski definition) is 5. The van der Waals surface area contributed by atoms with E-state index in [1.54, 1.807) is 0 Å². The monoisotopic (exact) mass is 214 g/mol. The summed E-state index contributed by atoms with van der Waals surface area (Å²) in [7, 11) is 0. The fraction of sp³-hybridized carbons (Fsp3) is 0.833. The normalized spacial score (nSPS) is 10.7. The lowest BCUT2D eigenvalue weighted by Gasteiger charge is -2.13. The quantitative estimate of drug-likeness (QED) is 0.209. The predicted molar refractivity (Wildman–Crippen MR) is 49.5 cm³/mol. The Morgan fingerprint density at radius 2 is 2.07 bits per heavy atom. The fourth-order valence-corrected chi connectivity index (χ4v) is 0.737. The second-order valence-electron chi connectivity index (χ2n) is 2.38. The largest absolute Gasteiger partial charge is 0.460 e. The van der Waals surface area contributed by atoms with Crippen LogP contribution in [0, 0.1) is 0 Å². The number of azide groups is 2. The SMILES string of the molecule is CC(=O)OC(CN=[N+]=[N-])COCN=[N+]=[N-]. The standard InChI is InChI=1S/C6H10N6O3/c1-5(13)15-6(2-9-11-7)3-14-4-10-12-8/h6H,2-4H2,1H3. The zero-order valence-corrected chi connectivity index (χ0v) is 8.11. The average molecular weight is 214 g/mol. The number of hydrogen-bond donors (Lipinski definition) is 0. The fourth-order valence-electron chi connectivity index (χ4n) is 0.737. The Bertz CT molecular complexity index is 289. The topological polar surface area (TPSA) is 133 Å². The zero-order valence-electron chi connectivity index (χ0n) is 8.11. The first kappa shape index (κ1) is 13.1. The van der Waals surface area contributed by atoms with Crippen LogP contribution in [0.1, 0.15) is 6.92 Å². The van der Waals surface area contributed by atoms with E-state index < -0.39 is 12.1 Å². The molecule has 0 aliphatic heterocycles. The molecule has 15 heavy (non-hydrogen) atoms. The van der Waals surface area contributed by atoms with Crippen molar-refractivity contribution in [3.05, 3.63) is 20.9 Å². The second-order valence-corrected chi connectivity index (χ2v) is 2.38. The minimum absolute atomic E-state index is 0.0115. The van der Waals surface area contributed by atoms with Crippen LogP contribution in [0.5, 0.6) is 0 Å². The van der Waals surface area contributed by atoms with Crippen molar-refractivity contribution in [2.24, 2.45) is 10.2 Å². The van der Waals surface area contributed by atoms with Gasteiger partial charge in [-0.15, -0.1) is 0 Å². The molecule has 9 heteroatoms. The maximum atomic E-state index is 10.6. The van der Waals surface area contributed by atoms with Crippen molar-refractivity contribution in [2.75, 3.05) is 19.9 Å². The number of carbonyl (C=O) groups is 1. The minimum Gasteiger partial charge on any atom is -0.460 e. The first-order valence-electron chi connectivity index (χ1n) is 3.97. The van der Waals surface area contributed by atoms with E-state index in [1.807, 2.05) is 0 Å². The van der Waals surface area contributed by atoms with Crippen molar-refractivity contribution >= 4 is 5.97 Å². The minimum atomic E-state index is -0.660. The third-order valence-electron chi connectivity index (χ3n) is 1.20. The molecule has 82 valence electrons. The molecule has 0 fully saturated rings. The maximum Gasteiger partial charge on any atom is 0.302 e. The molecule has 0 saturated heterocycles. The van der Waals surface area contributed by atoms with Gasteiger partial charge in [0.2, 0.25) is 0 Å². The Labute approximate surface area is 85.2 Å². The molecular weight excluding hydrogens is 204 g/mol. The lowest BCUT2D eigenvalue weighted by Crippen LogP contribution is -2.25. The third kappa shape index (κ3) is 8.38. The van der Waals surface area contributed by atoms with Gasteiger partial charge in [-0.25, -0.2) is 0 Å². The summed E-state index contributed by atoms with van der Waals surface area (Å²) in [5, 5.41) is 6.36. The summed E-state index contributed by atoms with van der Waals surface area (Å²) in [4.78, 5) is 15.6. The van der Waals surface area contributed by atoms with Crippen LogP contribution in [0.2, 0.25) is 0 Å². The number of carbonyl (C=O) groups excluding carboxylic acids is 1. The van der Waals surface area contributed by atoms with E-state index >= 15 is 0 Å². The highest BCUT2D eigenvalue weighted by atomic mass is 16.6. The number of ether oxygens (including phenoxy) is 2. The van der Waals surface area contributed by atoms with E-state index in [0.29, 0.717) is 0 Å². The highest BCUT2D eigenvalue weighted by Crippen LogP contribution is 1.96. The molecule has 0 bridgehead atoms. The summed E-state index contributed by atoms with van der Waals surface area (Å²) in [6.07, 6.45) is -0.660. The van der Waals surface area contributed by atoms with Gasteiger partial charge in [0.15, 0.2) is 0 Å². The summed E-state index contributed by atoms with van der Waals surface area (Å²) in [6.45, 7) is 1.06. The first-order valence-corrected chi connectivity index (χ1v) is 3.97. The van der Waals surface area contributed by atoms with Crippen molar-refractivity contribution in [2.45, 2.75) is 13.0 Å². The molecule has 0 spiro atoms. The average Bonchev–Trinajstić information content (AvgIpc) is 2.19. The molecule has 9 nitrogen and oxygen atoms in total. The van der Waals surface area contributed by atoms with Crippen molar-refractivity contribution in [3.63, 3.8) is 0 Å². The Morgan fingerprint density at radius 3 is 2.60 bits per heavy atom. The highest BCUT2D eigenvalue weighted by Gasteiger charge is 2.10. The molecule has 0 radical (unpaired) electrons. The van der Waals surface area contributed by atoms with Crippen LogP contribution in [-0.4, -0.2) is 32.0 Å². The molecular formula is C6H10N6O3. The van der Waals surface area contributed by atoms with E-state index in [9.17, 15) is 4.79 Å². The molecule has 0 aromatic heterocycles. The molecule has 0 rings (SSSR count). The molecule has 0 N–H and O–H groups in total. The van der Waals surface area contributed by atoms with E-state index in [0.717, 1.165) is 0 Å². The summed E-state index contributed by atoms with van der Waals surface area (Å²) in [5.41, 5.74) is 16.0. The van der Waals surface area contributed by atoms with Gasteiger partial charge in [0.05, 0.1) is 13.2 Å². The Morgan fingerprint density at radius 1 is 1.40 bits per heavy atom. The summed E-state index contributed by atoms with van der Waals surface area (Å²) < 4.78 is 9.62. The van der Waals surface area contributed by atoms with Gasteiger partial charge in [0.25, 0.3) is 0 Å². The van der Waals surface area contributed by atoms with Crippen LogP contribution >= 0.6 is 0 Å². The third-order valence-corrected chi connectivity index (χ3v) is 1.20. The van der Waals surface area contributed by atoms with Crippen LogP contribution < -0.4 is 0 Å². The summed E-state index contributed by atoms with van der Waals surface area (Å²) in [5.74, 6) is -0.500. The van der Waals surface area contributed by atoms with Crippen LogP contribution in [0.25, 0.3) is 20.9 Å². The van der Waals surface area contributed by atoms with Crippen LogP contribution in [0.4, 0.5) is 0 Å². The Balaban J connectivity index is 3.93. The molecule has 0 amide bonds. The molecule has 0 heterocycles. The number of esters is 1. The van der Waals surface area contributed by atoms with Gasteiger partial charge >= 0.3 is 5.97 Å². The lowest BCUT2D eigenvalue weighted by atomic mass is 10.4. The van der Waals surface area contributed by atoms with Gasteiger partial charge in [-0.05, 0) is 11.1 Å². The molecule has 1 unspecified atom stereocenters. The van der Waals surface area contributed by atoms with Gasteiger partial charge < -0.3 is 9.47 Å². The smallest absolute Gasteiger partial charge is 0.302 e. The molecule has 0 aliphatic rings. The highest BCUT2D eigenvalue weighted by molar-refractivity contribution is 5.66. The van der Waals surface area contributed by atoms with Gasteiger partial charge in [0, 0.05) is 16.7 Å². The lowest BCUT2D eigenvalue weighted by molar-refractivity contribution is -0.148. The van der Waals surface area contributed by atoms with Gasteiger partial charge in [-0.3, -0.25) is 4.79 Å². The van der Waals surface area contributed by atoms with Gasteiger partial charge in [-0.1, -0.05) is 10.2 Å². The number of nitrogens with zero attached hydrogens (tertiary/aromatic N) is 6. The van der Waals surface area contributed by atoms with E-state index in [4.69, 9.17) is 20.5 Å². The predicted octanol–water partition coefficient (Wildman–Crippen LogP) is 1.51. The first-order chi connectivity index (χ1) is 7.20. The van der Waals surface area contributed by atoms with Crippen molar-refractivity contribution in [3.8, 4) is 0 Å². The van der Waals surface area contributed by atoms with E-state index in [-0.39, 0.29) is 19.9 Å². The van der Waals surface area contributed by atoms with Crippen molar-refractivity contribution in [1.29, 1.82) is 0 Å². The van der Waals surface area contributed by atoms with Crippen LogP contribution in [0.15, 0.2) is 10.2 Å². The van der Waals surface area contributed by atoms with Gasteiger partial charge in [-0.2, -0.15) is 0 Å².